The molecule has 2 rings (SSSR count). The van der Waals surface area contributed by atoms with E-state index in [1.807, 2.05) is 0 Å². The first kappa shape index (κ1) is 11.7. The van der Waals surface area contributed by atoms with Crippen molar-refractivity contribution in [1.82, 2.24) is 0 Å². The van der Waals surface area contributed by atoms with E-state index in [0.29, 0.717) is 6.42 Å². The second-order valence-electron chi connectivity index (χ2n) is 3.13. The van der Waals surface area contributed by atoms with Crippen LogP contribution in [0.3, 0.4) is 0 Å². The van der Waals surface area contributed by atoms with Gasteiger partial charge in [0.15, 0.2) is 0 Å². The molecule has 0 atom stereocenters. The zero-order valence-corrected chi connectivity index (χ0v) is 8.74. The van der Waals surface area contributed by atoms with Gasteiger partial charge in [-0.3, -0.25) is 4.79 Å². The van der Waals surface area contributed by atoms with E-state index in [-0.39, 0.29) is 11.7 Å². The van der Waals surface area contributed by atoms with Crippen LogP contribution in [0.2, 0.25) is 0 Å². The van der Waals surface area contributed by atoms with Gasteiger partial charge < -0.3 is 10.6 Å². The fourth-order valence-corrected chi connectivity index (χ4v) is 1.54. The van der Waals surface area contributed by atoms with E-state index in [0.717, 1.165) is 18.7 Å². The highest BCUT2D eigenvalue weighted by atomic mass is 19.1. The maximum absolute atomic E-state index is 12.6. The Morgan fingerprint density at radius 3 is 2.33 bits per heavy atom. The van der Waals surface area contributed by atoms with Gasteiger partial charge in [0.25, 0.3) is 0 Å². The molecule has 0 spiro atoms. The first-order valence-corrected chi connectivity index (χ1v) is 4.91. The number of rotatable bonds is 1. The second-order valence-corrected chi connectivity index (χ2v) is 3.13. The van der Waals surface area contributed by atoms with Crippen molar-refractivity contribution in [2.24, 2.45) is 5.73 Å². The van der Waals surface area contributed by atoms with E-state index in [4.69, 9.17) is 0 Å². The minimum atomic E-state index is -0.268. The van der Waals surface area contributed by atoms with Crippen molar-refractivity contribution in [3.05, 3.63) is 30.1 Å². The van der Waals surface area contributed by atoms with Crippen molar-refractivity contribution in [2.75, 3.05) is 18.5 Å². The summed E-state index contributed by atoms with van der Waals surface area (Å²) in [5, 5.41) is 0. The van der Waals surface area contributed by atoms with Gasteiger partial charge in [0.05, 0.1) is 0 Å². The van der Waals surface area contributed by atoms with E-state index >= 15 is 0 Å². The van der Waals surface area contributed by atoms with E-state index in [2.05, 4.69) is 5.73 Å². The van der Waals surface area contributed by atoms with Crippen LogP contribution in [-0.4, -0.2) is 19.5 Å². The van der Waals surface area contributed by atoms with Gasteiger partial charge in [-0.25, -0.2) is 4.39 Å². The van der Waals surface area contributed by atoms with Crippen LogP contribution in [0.25, 0.3) is 0 Å². The predicted molar refractivity (Wildman–Crippen MR) is 58.1 cm³/mol. The van der Waals surface area contributed by atoms with E-state index in [1.54, 1.807) is 17.0 Å². The average Bonchev–Trinajstić information content (AvgIpc) is 2.69. The molecule has 1 aromatic carbocycles. The van der Waals surface area contributed by atoms with E-state index in [9.17, 15) is 9.18 Å². The molecule has 1 amide bonds. The zero-order chi connectivity index (χ0) is 11.3. The molecule has 1 aliphatic rings. The lowest BCUT2D eigenvalue weighted by atomic mass is 10.3. The summed E-state index contributed by atoms with van der Waals surface area (Å²) in [6.45, 7) is 0.754. The summed E-state index contributed by atoms with van der Waals surface area (Å²) in [7, 11) is 1.50. The standard InChI is InChI=1S/C10H10FNO.CH5N/c11-8-3-5-9(6-4-8)12-7-1-2-10(12)13;1-2/h3-6H,1-2,7H2;2H2,1H3. The summed E-state index contributed by atoms with van der Waals surface area (Å²) in [5.74, 6) is -0.137. The van der Waals surface area contributed by atoms with Gasteiger partial charge in [0.1, 0.15) is 5.82 Å². The summed E-state index contributed by atoms with van der Waals surface area (Å²) in [5.41, 5.74) is 5.30. The number of halogens is 1. The molecule has 0 unspecified atom stereocenters. The number of anilines is 1. The third-order valence-corrected chi connectivity index (χ3v) is 2.21. The number of nitrogens with zero attached hydrogens (tertiary/aromatic N) is 1. The highest BCUT2D eigenvalue weighted by molar-refractivity contribution is 5.95. The number of amides is 1. The molecule has 1 heterocycles. The lowest BCUT2D eigenvalue weighted by Crippen LogP contribution is -2.23. The lowest BCUT2D eigenvalue weighted by molar-refractivity contribution is -0.117. The number of benzene rings is 1. The van der Waals surface area contributed by atoms with Crippen molar-refractivity contribution >= 4 is 11.6 Å². The first-order chi connectivity index (χ1) is 7.27. The molecular weight excluding hydrogens is 195 g/mol. The largest absolute Gasteiger partial charge is 0.333 e. The predicted octanol–water partition coefficient (Wildman–Crippen LogP) is 1.53. The molecule has 82 valence electrons. The van der Waals surface area contributed by atoms with Crippen LogP contribution in [0.1, 0.15) is 12.8 Å². The highest BCUT2D eigenvalue weighted by Gasteiger charge is 2.21. The van der Waals surface area contributed by atoms with Crippen LogP contribution in [0.15, 0.2) is 24.3 Å². The number of carbonyl (C=O) groups excluding carboxylic acids is 1. The fourth-order valence-electron chi connectivity index (χ4n) is 1.54. The molecule has 15 heavy (non-hydrogen) atoms. The molecule has 2 N–H and O–H groups in total. The molecule has 1 aromatic rings. The van der Waals surface area contributed by atoms with Crippen LogP contribution in [0.4, 0.5) is 10.1 Å². The third-order valence-electron chi connectivity index (χ3n) is 2.21. The summed E-state index contributed by atoms with van der Waals surface area (Å²) < 4.78 is 12.6. The van der Waals surface area contributed by atoms with Gasteiger partial charge in [0.2, 0.25) is 5.91 Å². The van der Waals surface area contributed by atoms with Gasteiger partial charge in [-0.2, -0.15) is 0 Å². The van der Waals surface area contributed by atoms with E-state index in [1.165, 1.54) is 19.2 Å². The number of carbonyl (C=O) groups is 1. The lowest BCUT2D eigenvalue weighted by Gasteiger charge is -2.14. The molecule has 0 radical (unpaired) electrons. The van der Waals surface area contributed by atoms with Crippen molar-refractivity contribution in [1.29, 1.82) is 0 Å². The van der Waals surface area contributed by atoms with Crippen molar-refractivity contribution < 1.29 is 9.18 Å². The zero-order valence-electron chi connectivity index (χ0n) is 8.74. The molecule has 4 heteroatoms. The van der Waals surface area contributed by atoms with Crippen LogP contribution in [0.5, 0.6) is 0 Å². The molecule has 0 saturated carbocycles. The Bertz CT molecular complexity index is 324. The number of hydrogen-bond donors (Lipinski definition) is 1. The molecule has 1 saturated heterocycles. The first-order valence-electron chi connectivity index (χ1n) is 4.91. The van der Waals surface area contributed by atoms with Gasteiger partial charge in [0, 0.05) is 18.7 Å². The summed E-state index contributed by atoms with van der Waals surface area (Å²) in [6, 6.07) is 6.03. The molecule has 1 aliphatic heterocycles. The topological polar surface area (TPSA) is 46.3 Å². The normalized spacial score (nSPS) is 14.9. The van der Waals surface area contributed by atoms with Gasteiger partial charge in [-0.1, -0.05) is 0 Å². The SMILES string of the molecule is CN.O=C1CCCN1c1ccc(F)cc1. The van der Waals surface area contributed by atoms with Gasteiger partial charge >= 0.3 is 0 Å². The monoisotopic (exact) mass is 210 g/mol. The molecule has 0 aliphatic carbocycles. The van der Waals surface area contributed by atoms with Crippen molar-refractivity contribution in [3.63, 3.8) is 0 Å². The maximum atomic E-state index is 12.6. The molecular formula is C11H15FN2O. The minimum Gasteiger partial charge on any atom is -0.333 e. The Morgan fingerprint density at radius 1 is 1.27 bits per heavy atom. The van der Waals surface area contributed by atoms with Crippen molar-refractivity contribution in [3.8, 4) is 0 Å². The quantitative estimate of drug-likeness (QED) is 0.764. The molecule has 1 fully saturated rings. The Balaban J connectivity index is 0.000000531. The molecule has 3 nitrogen and oxygen atoms in total. The van der Waals surface area contributed by atoms with Crippen LogP contribution >= 0.6 is 0 Å². The molecule has 0 bridgehead atoms. The Morgan fingerprint density at radius 2 is 1.87 bits per heavy atom. The Hall–Kier alpha value is -1.42. The molecule has 0 aromatic heterocycles. The Labute approximate surface area is 88.7 Å². The number of nitrogens with two attached hydrogens (primary N) is 1. The maximum Gasteiger partial charge on any atom is 0.227 e. The van der Waals surface area contributed by atoms with Gasteiger partial charge in [-0.05, 0) is 37.7 Å². The second kappa shape index (κ2) is 5.46. The fraction of sp³-hybridized carbons (Fsp3) is 0.364. The van der Waals surface area contributed by atoms with Crippen LogP contribution in [0, 0.1) is 5.82 Å². The summed E-state index contributed by atoms with van der Waals surface area (Å²) in [6.07, 6.45) is 1.51. The van der Waals surface area contributed by atoms with Gasteiger partial charge in [-0.15, -0.1) is 0 Å². The third kappa shape index (κ3) is 2.76. The highest BCUT2D eigenvalue weighted by Crippen LogP contribution is 2.20. The van der Waals surface area contributed by atoms with Crippen molar-refractivity contribution in [2.45, 2.75) is 12.8 Å². The Kier molecular flexibility index (Phi) is 4.24. The van der Waals surface area contributed by atoms with Crippen LogP contribution < -0.4 is 10.6 Å². The summed E-state index contributed by atoms with van der Waals surface area (Å²) in [4.78, 5) is 13.0. The smallest absolute Gasteiger partial charge is 0.227 e. The minimum absolute atomic E-state index is 0.131. The van der Waals surface area contributed by atoms with E-state index < -0.39 is 0 Å². The van der Waals surface area contributed by atoms with Crippen LogP contribution in [-0.2, 0) is 4.79 Å². The average molecular weight is 210 g/mol. The summed E-state index contributed by atoms with van der Waals surface area (Å²) >= 11 is 0. The number of hydrogen-bond acceptors (Lipinski definition) is 2.